The Morgan fingerprint density at radius 2 is 1.54 bits per heavy atom. The Morgan fingerprint density at radius 1 is 0.829 bits per heavy atom. The van der Waals surface area contributed by atoms with Gasteiger partial charge < -0.3 is 4.74 Å². The maximum absolute atomic E-state index is 15.0. The van der Waals surface area contributed by atoms with E-state index < -0.39 is 6.36 Å². The van der Waals surface area contributed by atoms with Crippen LogP contribution in [0.3, 0.4) is 0 Å². The summed E-state index contributed by atoms with van der Waals surface area (Å²) in [6.07, 6.45) is 11.0. The predicted molar refractivity (Wildman–Crippen MR) is 133 cm³/mol. The highest BCUT2D eigenvalue weighted by atomic mass is 19.4. The number of ether oxygens (including phenoxy) is 1. The van der Waals surface area contributed by atoms with Crippen LogP contribution in [0.5, 0.6) is 5.75 Å². The van der Waals surface area contributed by atoms with Crippen molar-refractivity contribution in [1.29, 1.82) is 0 Å². The van der Waals surface area contributed by atoms with E-state index in [1.54, 1.807) is 12.1 Å². The van der Waals surface area contributed by atoms with Crippen molar-refractivity contribution < 1.29 is 22.3 Å². The highest BCUT2D eigenvalue weighted by molar-refractivity contribution is 5.65. The maximum Gasteiger partial charge on any atom is 0.573 e. The first kappa shape index (κ1) is 26.0. The van der Waals surface area contributed by atoms with E-state index in [0.29, 0.717) is 17.0 Å². The summed E-state index contributed by atoms with van der Waals surface area (Å²) in [6.45, 7) is 2.26. The Morgan fingerprint density at radius 3 is 2.26 bits per heavy atom. The first-order valence-corrected chi connectivity index (χ1v) is 13.5. The zero-order valence-electron chi connectivity index (χ0n) is 20.8. The van der Waals surface area contributed by atoms with Crippen LogP contribution in [-0.2, 0) is 0 Å². The first-order chi connectivity index (χ1) is 16.8. The van der Waals surface area contributed by atoms with Gasteiger partial charge in [-0.3, -0.25) is 0 Å². The quantitative estimate of drug-likeness (QED) is 0.251. The third kappa shape index (κ3) is 7.24. The molecule has 192 valence electrons. The average Bonchev–Trinajstić information content (AvgIpc) is 2.83. The Balaban J connectivity index is 1.31. The van der Waals surface area contributed by atoms with Gasteiger partial charge in [0.05, 0.1) is 0 Å². The van der Waals surface area contributed by atoms with Crippen molar-refractivity contribution in [2.24, 2.45) is 17.8 Å². The van der Waals surface area contributed by atoms with Crippen LogP contribution in [-0.4, -0.2) is 6.36 Å². The van der Waals surface area contributed by atoms with Crippen molar-refractivity contribution >= 4 is 0 Å². The fourth-order valence-corrected chi connectivity index (χ4v) is 6.44. The second-order valence-corrected chi connectivity index (χ2v) is 10.7. The molecule has 0 saturated heterocycles. The second kappa shape index (κ2) is 11.8. The summed E-state index contributed by atoms with van der Waals surface area (Å²) >= 11 is 0. The van der Waals surface area contributed by atoms with Crippen molar-refractivity contribution in [2.45, 2.75) is 96.3 Å². The van der Waals surface area contributed by atoms with Crippen molar-refractivity contribution in [3.63, 3.8) is 0 Å². The molecule has 0 radical (unpaired) electrons. The lowest BCUT2D eigenvalue weighted by molar-refractivity contribution is -0.274. The average molecular weight is 491 g/mol. The smallest absolute Gasteiger partial charge is 0.406 e. The standard InChI is InChI=1S/C30H38F4O/c1-2-3-4-5-6-7-21-8-9-24-19-25(11-10-23(24)18-21)26-14-17-28(29(31)20-26)22-12-15-27(16-13-22)35-30(32,33)34/h12-17,20-21,23-25H,2-11,18-19H2,1H3/t21?,23-,24-,25-/m1/s1. The maximum atomic E-state index is 15.0. The number of alkyl halides is 3. The summed E-state index contributed by atoms with van der Waals surface area (Å²) in [4.78, 5) is 0. The third-order valence-electron chi connectivity index (χ3n) is 8.30. The molecule has 1 unspecified atom stereocenters. The molecule has 4 rings (SSSR count). The molecule has 5 heteroatoms. The zero-order valence-corrected chi connectivity index (χ0v) is 20.8. The van der Waals surface area contributed by atoms with E-state index in [2.05, 4.69) is 11.7 Å². The minimum atomic E-state index is -4.74. The number of fused-ring (bicyclic) bond motifs is 1. The Bertz CT molecular complexity index is 936. The number of benzene rings is 2. The van der Waals surface area contributed by atoms with Gasteiger partial charge in [-0.15, -0.1) is 13.2 Å². The molecule has 0 heterocycles. The van der Waals surface area contributed by atoms with Crippen molar-refractivity contribution in [3.8, 4) is 16.9 Å². The molecule has 0 bridgehead atoms. The third-order valence-corrected chi connectivity index (χ3v) is 8.30. The van der Waals surface area contributed by atoms with Gasteiger partial charge in [0.2, 0.25) is 0 Å². The number of hydrogen-bond acceptors (Lipinski definition) is 1. The number of halogens is 4. The largest absolute Gasteiger partial charge is 0.573 e. The van der Waals surface area contributed by atoms with Crippen molar-refractivity contribution in [2.75, 3.05) is 0 Å². The van der Waals surface area contributed by atoms with E-state index in [-0.39, 0.29) is 11.6 Å². The Kier molecular flexibility index (Phi) is 8.77. The zero-order chi connectivity index (χ0) is 24.8. The Labute approximate surface area is 207 Å². The fourth-order valence-electron chi connectivity index (χ4n) is 6.44. The molecule has 35 heavy (non-hydrogen) atoms. The van der Waals surface area contributed by atoms with Gasteiger partial charge in [-0.25, -0.2) is 4.39 Å². The van der Waals surface area contributed by atoms with Crippen LogP contribution in [0.15, 0.2) is 42.5 Å². The summed E-state index contributed by atoms with van der Waals surface area (Å²) in [6, 6.07) is 10.8. The van der Waals surface area contributed by atoms with E-state index in [1.165, 1.54) is 88.5 Å². The molecule has 2 aliphatic carbocycles. The summed E-state index contributed by atoms with van der Waals surface area (Å²) in [5, 5.41) is 0. The van der Waals surface area contributed by atoms with E-state index in [9.17, 15) is 13.2 Å². The summed E-state index contributed by atoms with van der Waals surface area (Å²) in [5.41, 5.74) is 2.00. The molecule has 0 aromatic heterocycles. The highest BCUT2D eigenvalue weighted by Crippen LogP contribution is 2.48. The van der Waals surface area contributed by atoms with Crippen LogP contribution >= 0.6 is 0 Å². The first-order valence-electron chi connectivity index (χ1n) is 13.5. The van der Waals surface area contributed by atoms with Crippen LogP contribution in [0.25, 0.3) is 11.1 Å². The van der Waals surface area contributed by atoms with Gasteiger partial charge in [0.25, 0.3) is 0 Å². The van der Waals surface area contributed by atoms with Crippen molar-refractivity contribution in [1.82, 2.24) is 0 Å². The van der Waals surface area contributed by atoms with E-state index in [4.69, 9.17) is 0 Å². The molecule has 2 saturated carbocycles. The van der Waals surface area contributed by atoms with E-state index in [0.717, 1.165) is 36.2 Å². The van der Waals surface area contributed by atoms with Crippen LogP contribution in [0.1, 0.15) is 95.5 Å². The normalized spacial score (nSPS) is 24.7. The number of rotatable bonds is 9. The lowest BCUT2D eigenvalue weighted by Crippen LogP contribution is -2.30. The molecule has 0 N–H and O–H groups in total. The summed E-state index contributed by atoms with van der Waals surface area (Å²) in [7, 11) is 0. The second-order valence-electron chi connectivity index (χ2n) is 10.7. The SMILES string of the molecule is CCCCCCCC1CC[C@@H]2C[C@H](c3ccc(-c4ccc(OC(F)(F)F)cc4)c(F)c3)CC[C@@H]2C1. The molecule has 2 aromatic carbocycles. The summed E-state index contributed by atoms with van der Waals surface area (Å²) in [5.74, 6) is 2.27. The van der Waals surface area contributed by atoms with Gasteiger partial charge >= 0.3 is 6.36 Å². The molecule has 2 aliphatic rings. The molecule has 4 atom stereocenters. The van der Waals surface area contributed by atoms with Gasteiger partial charge in [0, 0.05) is 5.56 Å². The molecule has 0 aliphatic heterocycles. The lowest BCUT2D eigenvalue weighted by atomic mass is 9.63. The van der Waals surface area contributed by atoms with Gasteiger partial charge in [-0.05, 0) is 85.1 Å². The van der Waals surface area contributed by atoms with Gasteiger partial charge in [-0.1, -0.05) is 76.1 Å². The van der Waals surface area contributed by atoms with Crippen LogP contribution in [0.2, 0.25) is 0 Å². The molecular formula is C30H38F4O. The van der Waals surface area contributed by atoms with Gasteiger partial charge in [0.15, 0.2) is 0 Å². The van der Waals surface area contributed by atoms with Gasteiger partial charge in [-0.2, -0.15) is 0 Å². The predicted octanol–water partition coefficient (Wildman–Crippen LogP) is 10.1. The number of unbranched alkanes of at least 4 members (excludes halogenated alkanes) is 4. The van der Waals surface area contributed by atoms with Crippen LogP contribution < -0.4 is 4.74 Å². The number of hydrogen-bond donors (Lipinski definition) is 0. The molecule has 0 spiro atoms. The minimum Gasteiger partial charge on any atom is -0.406 e. The molecule has 2 aromatic rings. The molecular weight excluding hydrogens is 452 g/mol. The Hall–Kier alpha value is -2.04. The topological polar surface area (TPSA) is 9.23 Å². The molecule has 1 nitrogen and oxygen atoms in total. The highest BCUT2D eigenvalue weighted by Gasteiger charge is 2.36. The lowest BCUT2D eigenvalue weighted by Gasteiger charge is -2.42. The molecule has 2 fully saturated rings. The van der Waals surface area contributed by atoms with E-state index in [1.807, 2.05) is 6.07 Å². The van der Waals surface area contributed by atoms with E-state index >= 15 is 4.39 Å². The minimum absolute atomic E-state index is 0.304. The van der Waals surface area contributed by atoms with Crippen LogP contribution in [0.4, 0.5) is 17.6 Å². The monoisotopic (exact) mass is 490 g/mol. The van der Waals surface area contributed by atoms with Gasteiger partial charge in [0.1, 0.15) is 11.6 Å². The molecule has 0 amide bonds. The van der Waals surface area contributed by atoms with Crippen LogP contribution in [0, 0.1) is 23.6 Å². The fraction of sp³-hybridized carbons (Fsp3) is 0.600. The van der Waals surface area contributed by atoms with Crippen molar-refractivity contribution in [3.05, 3.63) is 53.8 Å². The summed E-state index contributed by atoms with van der Waals surface area (Å²) < 4.78 is 56.1.